The van der Waals surface area contributed by atoms with E-state index in [1.807, 2.05) is 12.1 Å². The van der Waals surface area contributed by atoms with Gasteiger partial charge < -0.3 is 0 Å². The number of hydrogen-bond donors (Lipinski definition) is 0. The van der Waals surface area contributed by atoms with E-state index >= 15 is 0 Å². The normalized spacial score (nSPS) is 10.0. The number of thioether (sulfide) groups is 1. The third-order valence-corrected chi connectivity index (χ3v) is 2.88. The van der Waals surface area contributed by atoms with Gasteiger partial charge in [0, 0.05) is 17.8 Å². The maximum atomic E-state index is 5.83. The van der Waals surface area contributed by atoms with Crippen LogP contribution in [0, 0.1) is 0 Å². The predicted molar refractivity (Wildman–Crippen MR) is 50.7 cm³/mol. The molecule has 0 unspecified atom stereocenters. The average molecular weight is 208 g/mol. The molecule has 0 aliphatic heterocycles. The zero-order valence-electron chi connectivity index (χ0n) is 5.76. The van der Waals surface area contributed by atoms with Crippen molar-refractivity contribution in [2.24, 2.45) is 0 Å². The number of aromatic nitrogens is 1. The van der Waals surface area contributed by atoms with Gasteiger partial charge in [-0.25, -0.2) is 4.98 Å². The molecule has 11 heavy (non-hydrogen) atoms. The van der Waals surface area contributed by atoms with Gasteiger partial charge in [-0.15, -0.1) is 23.4 Å². The van der Waals surface area contributed by atoms with Crippen molar-refractivity contribution < 1.29 is 0 Å². The van der Waals surface area contributed by atoms with E-state index in [2.05, 4.69) is 4.98 Å². The van der Waals surface area contributed by atoms with Crippen molar-refractivity contribution in [3.05, 3.63) is 23.4 Å². The van der Waals surface area contributed by atoms with Crippen LogP contribution in [0.5, 0.6) is 0 Å². The van der Waals surface area contributed by atoms with E-state index in [9.17, 15) is 0 Å². The fourth-order valence-electron chi connectivity index (χ4n) is 0.613. The minimum atomic E-state index is 0.623. The fraction of sp³-hybridized carbons (Fsp3) is 0.286. The number of rotatable bonds is 3. The smallest absolute Gasteiger partial charge is 0.115 e. The first-order valence-corrected chi connectivity index (χ1v) is 5.03. The minimum Gasteiger partial charge on any atom is -0.248 e. The van der Waals surface area contributed by atoms with Crippen LogP contribution in [0.1, 0.15) is 0 Å². The highest BCUT2D eigenvalue weighted by Gasteiger charge is 1.98. The van der Waals surface area contributed by atoms with Gasteiger partial charge in [0.1, 0.15) is 5.03 Å². The van der Waals surface area contributed by atoms with Gasteiger partial charge >= 0.3 is 0 Å². The minimum absolute atomic E-state index is 0.623. The van der Waals surface area contributed by atoms with Gasteiger partial charge in [0.25, 0.3) is 0 Å². The molecule has 60 valence electrons. The van der Waals surface area contributed by atoms with Crippen molar-refractivity contribution in [1.82, 2.24) is 4.98 Å². The van der Waals surface area contributed by atoms with E-state index in [0.717, 1.165) is 10.8 Å². The Morgan fingerprint density at radius 1 is 1.55 bits per heavy atom. The van der Waals surface area contributed by atoms with Crippen LogP contribution in [-0.2, 0) is 0 Å². The lowest BCUT2D eigenvalue weighted by molar-refractivity contribution is 1.13. The van der Waals surface area contributed by atoms with E-state index in [-0.39, 0.29) is 0 Å². The summed E-state index contributed by atoms with van der Waals surface area (Å²) in [4.78, 5) is 4.09. The van der Waals surface area contributed by atoms with Crippen LogP contribution < -0.4 is 0 Å². The molecule has 0 saturated heterocycles. The molecule has 0 spiro atoms. The summed E-state index contributed by atoms with van der Waals surface area (Å²) < 4.78 is 0. The van der Waals surface area contributed by atoms with Crippen molar-refractivity contribution in [3.8, 4) is 0 Å². The SMILES string of the molecule is ClCCSc1ncccc1Cl. The third-order valence-electron chi connectivity index (χ3n) is 1.04. The molecule has 1 heterocycles. The molecule has 0 aromatic carbocycles. The first kappa shape index (κ1) is 9.17. The van der Waals surface area contributed by atoms with Crippen LogP contribution >= 0.6 is 35.0 Å². The number of nitrogens with zero attached hydrogens (tertiary/aromatic N) is 1. The lowest BCUT2D eigenvalue weighted by atomic mass is 10.5. The van der Waals surface area contributed by atoms with Gasteiger partial charge in [0.2, 0.25) is 0 Å². The maximum absolute atomic E-state index is 5.83. The highest BCUT2D eigenvalue weighted by Crippen LogP contribution is 2.23. The second-order valence-electron chi connectivity index (χ2n) is 1.83. The molecule has 1 aromatic heterocycles. The summed E-state index contributed by atoms with van der Waals surface area (Å²) in [6, 6.07) is 3.64. The lowest BCUT2D eigenvalue weighted by Crippen LogP contribution is -1.83. The van der Waals surface area contributed by atoms with Crippen molar-refractivity contribution in [3.63, 3.8) is 0 Å². The summed E-state index contributed by atoms with van der Waals surface area (Å²) in [7, 11) is 0. The molecule has 1 nitrogen and oxygen atoms in total. The van der Waals surface area contributed by atoms with Crippen molar-refractivity contribution in [2.75, 3.05) is 11.6 Å². The van der Waals surface area contributed by atoms with Crippen molar-refractivity contribution in [1.29, 1.82) is 0 Å². The molecule has 0 N–H and O–H groups in total. The largest absolute Gasteiger partial charge is 0.248 e. The van der Waals surface area contributed by atoms with Crippen LogP contribution in [0.15, 0.2) is 23.4 Å². The number of halogens is 2. The molecule has 1 aromatic rings. The summed E-state index contributed by atoms with van der Waals surface area (Å²) in [6.07, 6.45) is 1.72. The Morgan fingerprint density at radius 2 is 2.36 bits per heavy atom. The Bertz CT molecular complexity index is 229. The summed E-state index contributed by atoms with van der Waals surface area (Å²) in [6.45, 7) is 0. The molecule has 0 fully saturated rings. The second kappa shape index (κ2) is 4.86. The van der Waals surface area contributed by atoms with Crippen LogP contribution in [0.2, 0.25) is 5.02 Å². The molecule has 0 radical (unpaired) electrons. The van der Waals surface area contributed by atoms with E-state index in [1.54, 1.807) is 18.0 Å². The molecular weight excluding hydrogens is 201 g/mol. The van der Waals surface area contributed by atoms with Gasteiger partial charge in [0.15, 0.2) is 0 Å². The molecule has 0 aliphatic carbocycles. The monoisotopic (exact) mass is 207 g/mol. The van der Waals surface area contributed by atoms with E-state index < -0.39 is 0 Å². The quantitative estimate of drug-likeness (QED) is 0.559. The zero-order valence-corrected chi connectivity index (χ0v) is 8.09. The molecule has 0 aliphatic rings. The van der Waals surface area contributed by atoms with Crippen molar-refractivity contribution in [2.45, 2.75) is 5.03 Å². The van der Waals surface area contributed by atoms with Gasteiger partial charge in [-0.1, -0.05) is 11.6 Å². The average Bonchev–Trinajstić information content (AvgIpc) is 2.03. The molecule has 4 heteroatoms. The number of hydrogen-bond acceptors (Lipinski definition) is 2. The Balaban J connectivity index is 2.62. The third kappa shape index (κ3) is 2.89. The van der Waals surface area contributed by atoms with E-state index in [4.69, 9.17) is 23.2 Å². The van der Waals surface area contributed by atoms with Gasteiger partial charge in [-0.05, 0) is 12.1 Å². The van der Waals surface area contributed by atoms with Gasteiger partial charge in [-0.2, -0.15) is 0 Å². The molecule has 0 saturated carbocycles. The molecule has 0 atom stereocenters. The lowest BCUT2D eigenvalue weighted by Gasteiger charge is -1.98. The van der Waals surface area contributed by atoms with E-state index in [0.29, 0.717) is 10.9 Å². The van der Waals surface area contributed by atoms with Crippen LogP contribution in [0.3, 0.4) is 0 Å². The van der Waals surface area contributed by atoms with Crippen LogP contribution in [-0.4, -0.2) is 16.6 Å². The summed E-state index contributed by atoms with van der Waals surface area (Å²) >= 11 is 12.9. The van der Waals surface area contributed by atoms with Gasteiger partial charge in [0.05, 0.1) is 5.02 Å². The summed E-state index contributed by atoms with van der Waals surface area (Å²) in [5.41, 5.74) is 0. The Hall–Kier alpha value is 0.0800. The standard InChI is InChI=1S/C7H7Cl2NS/c8-3-5-11-7-6(9)2-1-4-10-7/h1-2,4H,3,5H2. The predicted octanol–water partition coefficient (Wildman–Crippen LogP) is 3.07. The van der Waals surface area contributed by atoms with E-state index in [1.165, 1.54) is 0 Å². The highest BCUT2D eigenvalue weighted by atomic mass is 35.5. The number of alkyl halides is 1. The molecule has 0 bridgehead atoms. The maximum Gasteiger partial charge on any atom is 0.115 e. The fourth-order valence-corrected chi connectivity index (χ4v) is 1.74. The van der Waals surface area contributed by atoms with Crippen molar-refractivity contribution >= 4 is 35.0 Å². The first-order chi connectivity index (χ1) is 5.34. The molecule has 1 rings (SSSR count). The molecular formula is C7H7Cl2NS. The van der Waals surface area contributed by atoms with Gasteiger partial charge in [-0.3, -0.25) is 0 Å². The first-order valence-electron chi connectivity index (χ1n) is 3.14. The number of pyridine rings is 1. The Kier molecular flexibility index (Phi) is 4.05. The topological polar surface area (TPSA) is 12.9 Å². The Morgan fingerprint density at radius 3 is 3.00 bits per heavy atom. The Labute approximate surface area is 80.1 Å². The summed E-state index contributed by atoms with van der Waals surface area (Å²) in [5.74, 6) is 1.47. The van der Waals surface area contributed by atoms with Crippen LogP contribution in [0.25, 0.3) is 0 Å². The zero-order chi connectivity index (χ0) is 8.10. The summed E-state index contributed by atoms with van der Waals surface area (Å²) in [5, 5.41) is 1.55. The highest BCUT2D eigenvalue weighted by molar-refractivity contribution is 7.99. The second-order valence-corrected chi connectivity index (χ2v) is 3.70. The molecule has 0 amide bonds. The van der Waals surface area contributed by atoms with Crippen LogP contribution in [0.4, 0.5) is 0 Å².